The van der Waals surface area contributed by atoms with Crippen molar-refractivity contribution in [1.29, 1.82) is 0 Å². The molecule has 2 N–H and O–H groups in total. The number of piperidine rings is 1. The molecule has 1 aromatic carbocycles. The summed E-state index contributed by atoms with van der Waals surface area (Å²) in [5.74, 6) is -2.34. The zero-order chi connectivity index (χ0) is 14.7. The molecule has 1 aliphatic rings. The van der Waals surface area contributed by atoms with Crippen LogP contribution in [0.2, 0.25) is 0 Å². The molecule has 2 unspecified atom stereocenters. The average molecular weight is 284 g/mol. The quantitative estimate of drug-likeness (QED) is 0.916. The number of halogens is 2. The molecule has 6 heteroatoms. The fourth-order valence-electron chi connectivity index (χ4n) is 2.56. The van der Waals surface area contributed by atoms with Gasteiger partial charge in [-0.25, -0.2) is 8.78 Å². The molecule has 0 aromatic heterocycles. The number of methoxy groups -OCH3 is 1. The minimum atomic E-state index is -0.848. The van der Waals surface area contributed by atoms with E-state index in [2.05, 4.69) is 0 Å². The first-order chi connectivity index (χ1) is 9.58. The molecule has 0 spiro atoms. The van der Waals surface area contributed by atoms with Crippen LogP contribution in [0, 0.1) is 11.6 Å². The third kappa shape index (κ3) is 2.81. The number of nitrogens with two attached hydrogens (primary N) is 1. The van der Waals surface area contributed by atoms with E-state index in [0.29, 0.717) is 19.4 Å². The second-order valence-electron chi connectivity index (χ2n) is 4.87. The summed E-state index contributed by atoms with van der Waals surface area (Å²) in [6.07, 6.45) is 1.24. The Morgan fingerprint density at radius 3 is 2.65 bits per heavy atom. The van der Waals surface area contributed by atoms with Crippen LogP contribution in [-0.4, -0.2) is 43.2 Å². The summed E-state index contributed by atoms with van der Waals surface area (Å²) in [5, 5.41) is 0. The van der Waals surface area contributed by atoms with Crippen molar-refractivity contribution in [2.45, 2.75) is 25.0 Å². The minimum absolute atomic E-state index is 0.0260. The molecule has 1 fully saturated rings. The van der Waals surface area contributed by atoms with Crippen LogP contribution in [0.15, 0.2) is 18.2 Å². The molecule has 2 atom stereocenters. The Balaban J connectivity index is 2.24. The molecule has 110 valence electrons. The van der Waals surface area contributed by atoms with Crippen LogP contribution in [0.4, 0.5) is 8.78 Å². The summed E-state index contributed by atoms with van der Waals surface area (Å²) < 4.78 is 32.6. The number of hydrogen-bond acceptors (Lipinski definition) is 3. The molecule has 1 heterocycles. The zero-order valence-electron chi connectivity index (χ0n) is 11.3. The zero-order valence-corrected chi connectivity index (χ0v) is 11.3. The molecular formula is C14H18F2N2O2. The summed E-state index contributed by atoms with van der Waals surface area (Å²) in [4.78, 5) is 13.8. The van der Waals surface area contributed by atoms with Gasteiger partial charge in [0.05, 0.1) is 6.10 Å². The second kappa shape index (κ2) is 6.28. The molecule has 4 nitrogen and oxygen atoms in total. The number of hydrogen-bond donors (Lipinski definition) is 1. The van der Waals surface area contributed by atoms with Crippen molar-refractivity contribution in [3.05, 3.63) is 35.4 Å². The number of carbonyl (C=O) groups is 1. The van der Waals surface area contributed by atoms with Gasteiger partial charge >= 0.3 is 0 Å². The number of benzene rings is 1. The van der Waals surface area contributed by atoms with Crippen molar-refractivity contribution in [3.63, 3.8) is 0 Å². The van der Waals surface area contributed by atoms with E-state index in [-0.39, 0.29) is 18.7 Å². The lowest BCUT2D eigenvalue weighted by atomic mass is 9.98. The number of likely N-dealkylation sites (tertiary alicyclic amines) is 1. The van der Waals surface area contributed by atoms with Crippen molar-refractivity contribution >= 4 is 5.91 Å². The first-order valence-corrected chi connectivity index (χ1v) is 6.56. The van der Waals surface area contributed by atoms with Crippen molar-refractivity contribution in [2.24, 2.45) is 5.73 Å². The Hall–Kier alpha value is -1.53. The first-order valence-electron chi connectivity index (χ1n) is 6.56. The lowest BCUT2D eigenvalue weighted by Gasteiger charge is -2.38. The Bertz CT molecular complexity index is 476. The lowest BCUT2D eigenvalue weighted by molar-refractivity contribution is 0.0134. The Morgan fingerprint density at radius 1 is 1.45 bits per heavy atom. The monoisotopic (exact) mass is 284 g/mol. The number of rotatable bonds is 3. The third-order valence-electron chi connectivity index (χ3n) is 3.71. The summed E-state index contributed by atoms with van der Waals surface area (Å²) >= 11 is 0. The SMILES string of the molecule is COC1CCN(C(=O)c2c(F)cccc2F)C(CN)C1. The highest BCUT2D eigenvalue weighted by Gasteiger charge is 2.33. The molecule has 1 aliphatic heterocycles. The van der Waals surface area contributed by atoms with Gasteiger partial charge in [-0.15, -0.1) is 0 Å². The minimum Gasteiger partial charge on any atom is -0.381 e. The highest BCUT2D eigenvalue weighted by molar-refractivity contribution is 5.95. The van der Waals surface area contributed by atoms with Gasteiger partial charge in [0, 0.05) is 26.2 Å². The van der Waals surface area contributed by atoms with Gasteiger partial charge in [0.15, 0.2) is 0 Å². The van der Waals surface area contributed by atoms with E-state index in [0.717, 1.165) is 12.1 Å². The van der Waals surface area contributed by atoms with Crippen LogP contribution in [0.25, 0.3) is 0 Å². The maximum absolute atomic E-state index is 13.7. The Kier molecular flexibility index (Phi) is 4.67. The summed E-state index contributed by atoms with van der Waals surface area (Å²) in [6, 6.07) is 3.13. The molecule has 1 amide bonds. The van der Waals surface area contributed by atoms with Gasteiger partial charge in [0.25, 0.3) is 5.91 Å². The van der Waals surface area contributed by atoms with E-state index >= 15 is 0 Å². The van der Waals surface area contributed by atoms with Crippen LogP contribution in [0.1, 0.15) is 23.2 Å². The van der Waals surface area contributed by atoms with Crippen LogP contribution >= 0.6 is 0 Å². The normalized spacial score (nSPS) is 22.9. The standard InChI is InChI=1S/C14H18F2N2O2/c1-20-10-5-6-18(9(7-10)8-17)14(19)13-11(15)3-2-4-12(13)16/h2-4,9-10H,5-8,17H2,1H3. The molecule has 0 saturated carbocycles. The van der Waals surface area contributed by atoms with Crippen molar-refractivity contribution in [1.82, 2.24) is 4.90 Å². The smallest absolute Gasteiger partial charge is 0.260 e. The predicted molar refractivity (Wildman–Crippen MR) is 70.3 cm³/mol. The third-order valence-corrected chi connectivity index (χ3v) is 3.71. The summed E-state index contributed by atoms with van der Waals surface area (Å²) in [7, 11) is 1.60. The van der Waals surface area contributed by atoms with Crippen molar-refractivity contribution in [2.75, 3.05) is 20.2 Å². The van der Waals surface area contributed by atoms with Crippen LogP contribution in [0.3, 0.4) is 0 Å². The maximum atomic E-state index is 13.7. The van der Waals surface area contributed by atoms with Crippen molar-refractivity contribution in [3.8, 4) is 0 Å². The largest absolute Gasteiger partial charge is 0.381 e. The van der Waals surface area contributed by atoms with Gasteiger partial charge in [0.2, 0.25) is 0 Å². The fraction of sp³-hybridized carbons (Fsp3) is 0.500. The Morgan fingerprint density at radius 2 is 2.10 bits per heavy atom. The molecule has 2 rings (SSSR count). The number of ether oxygens (including phenoxy) is 1. The van der Waals surface area contributed by atoms with Crippen LogP contribution < -0.4 is 5.73 Å². The highest BCUT2D eigenvalue weighted by atomic mass is 19.1. The fourth-order valence-corrected chi connectivity index (χ4v) is 2.56. The first kappa shape index (κ1) is 14.9. The topological polar surface area (TPSA) is 55.6 Å². The highest BCUT2D eigenvalue weighted by Crippen LogP contribution is 2.23. The molecule has 0 radical (unpaired) electrons. The van der Waals surface area contributed by atoms with E-state index in [9.17, 15) is 13.6 Å². The van der Waals surface area contributed by atoms with E-state index in [1.807, 2.05) is 0 Å². The summed E-state index contributed by atoms with van der Waals surface area (Å²) in [6.45, 7) is 0.620. The van der Waals surface area contributed by atoms with Gasteiger partial charge in [-0.3, -0.25) is 4.79 Å². The molecule has 1 aromatic rings. The lowest BCUT2D eigenvalue weighted by Crippen LogP contribution is -2.51. The Labute approximate surface area is 116 Å². The molecule has 1 saturated heterocycles. The number of nitrogens with zero attached hydrogens (tertiary/aromatic N) is 1. The van der Waals surface area contributed by atoms with E-state index < -0.39 is 23.1 Å². The van der Waals surface area contributed by atoms with E-state index in [1.165, 1.54) is 11.0 Å². The molecular weight excluding hydrogens is 266 g/mol. The predicted octanol–water partition coefficient (Wildman–Crippen LogP) is 1.54. The van der Waals surface area contributed by atoms with Gasteiger partial charge in [-0.1, -0.05) is 6.07 Å². The number of carbonyl (C=O) groups excluding carboxylic acids is 1. The van der Waals surface area contributed by atoms with Gasteiger partial charge in [0.1, 0.15) is 17.2 Å². The van der Waals surface area contributed by atoms with Crippen LogP contribution in [-0.2, 0) is 4.74 Å². The maximum Gasteiger partial charge on any atom is 0.260 e. The molecule has 0 bridgehead atoms. The molecule has 20 heavy (non-hydrogen) atoms. The summed E-state index contributed by atoms with van der Waals surface area (Å²) in [5.41, 5.74) is 5.15. The van der Waals surface area contributed by atoms with E-state index in [1.54, 1.807) is 7.11 Å². The van der Waals surface area contributed by atoms with Gasteiger partial charge in [-0.2, -0.15) is 0 Å². The van der Waals surface area contributed by atoms with Gasteiger partial charge < -0.3 is 15.4 Å². The second-order valence-corrected chi connectivity index (χ2v) is 4.87. The van der Waals surface area contributed by atoms with E-state index in [4.69, 9.17) is 10.5 Å². The molecule has 0 aliphatic carbocycles. The van der Waals surface area contributed by atoms with Crippen LogP contribution in [0.5, 0.6) is 0 Å². The average Bonchev–Trinajstić information content (AvgIpc) is 2.46. The van der Waals surface area contributed by atoms with Crippen molar-refractivity contribution < 1.29 is 18.3 Å². The van der Waals surface area contributed by atoms with Gasteiger partial charge in [-0.05, 0) is 25.0 Å². The number of amides is 1.